The van der Waals surface area contributed by atoms with Crippen molar-refractivity contribution in [2.24, 2.45) is 0 Å². The molecule has 0 atom stereocenters. The Morgan fingerprint density at radius 3 is 1.50 bits per heavy atom. The minimum Gasteiger partial charge on any atom is -0.491 e. The highest BCUT2D eigenvalue weighted by molar-refractivity contribution is 5.79. The zero-order valence-electron chi connectivity index (χ0n) is 26.4. The molecule has 0 saturated carbocycles. The predicted octanol–water partition coefficient (Wildman–Crippen LogP) is 4.29. The number of hydrogen-bond donors (Lipinski definition) is 2. The Morgan fingerprint density at radius 1 is 0.565 bits per heavy atom. The predicted molar refractivity (Wildman–Crippen MR) is 174 cm³/mol. The Hall–Kier alpha value is -3.71. The van der Waals surface area contributed by atoms with Gasteiger partial charge in [0, 0.05) is 18.2 Å². The van der Waals surface area contributed by atoms with Crippen LogP contribution in [0.5, 0.6) is 5.75 Å². The maximum Gasteiger partial charge on any atom is 0.407 e. The van der Waals surface area contributed by atoms with Gasteiger partial charge in [-0.05, 0) is 46.5 Å². The van der Waals surface area contributed by atoms with Crippen LogP contribution in [0.25, 0.3) is 11.1 Å². The van der Waals surface area contributed by atoms with Crippen LogP contribution in [0.3, 0.4) is 0 Å². The molecule has 11 nitrogen and oxygen atoms in total. The number of nitrogens with two attached hydrogens (primary N) is 1. The smallest absolute Gasteiger partial charge is 0.407 e. The first-order valence-electron chi connectivity index (χ1n) is 15.8. The van der Waals surface area contributed by atoms with E-state index in [4.69, 9.17) is 43.6 Å². The zero-order valence-corrected chi connectivity index (χ0v) is 26.4. The van der Waals surface area contributed by atoms with E-state index in [-0.39, 0.29) is 12.5 Å². The number of alkyl carbamates (subject to hydrolysis) is 1. The molecule has 0 bridgehead atoms. The average molecular weight is 639 g/mol. The maximum atomic E-state index is 12.2. The van der Waals surface area contributed by atoms with Crippen LogP contribution in [-0.4, -0.2) is 105 Å². The summed E-state index contributed by atoms with van der Waals surface area (Å²) in [5.41, 5.74) is 11.1. The lowest BCUT2D eigenvalue weighted by atomic mass is 9.98. The first-order valence-corrected chi connectivity index (χ1v) is 15.8. The lowest BCUT2D eigenvalue weighted by molar-refractivity contribution is -0.0176. The first-order chi connectivity index (χ1) is 22.7. The largest absolute Gasteiger partial charge is 0.491 e. The normalized spacial score (nSPS) is 12.1. The lowest BCUT2D eigenvalue weighted by Gasteiger charge is -2.14. The summed E-state index contributed by atoms with van der Waals surface area (Å²) >= 11 is 0. The summed E-state index contributed by atoms with van der Waals surface area (Å²) in [7, 11) is 0. The summed E-state index contributed by atoms with van der Waals surface area (Å²) < 4.78 is 44.0. The number of fused-ring (bicyclic) bond motifs is 3. The monoisotopic (exact) mass is 638 g/mol. The fourth-order valence-electron chi connectivity index (χ4n) is 4.86. The SMILES string of the molecule is Nc1ccc(OCCOCCOCCOCCOCCOCCOCCNC(=O)OCC2c3ccccc3-c3ccccc32)cc1. The average Bonchev–Trinajstić information content (AvgIpc) is 3.40. The van der Waals surface area contributed by atoms with Crippen LogP contribution in [0.4, 0.5) is 10.5 Å². The van der Waals surface area contributed by atoms with Crippen LogP contribution in [0.15, 0.2) is 72.8 Å². The van der Waals surface area contributed by atoms with Gasteiger partial charge in [-0.2, -0.15) is 0 Å². The van der Waals surface area contributed by atoms with E-state index in [2.05, 4.69) is 29.6 Å². The van der Waals surface area contributed by atoms with Crippen LogP contribution in [0.2, 0.25) is 0 Å². The van der Waals surface area contributed by atoms with Crippen molar-refractivity contribution in [2.45, 2.75) is 5.92 Å². The van der Waals surface area contributed by atoms with E-state index < -0.39 is 6.09 Å². The number of rotatable bonds is 24. The molecule has 1 aliphatic carbocycles. The molecule has 46 heavy (non-hydrogen) atoms. The number of carbonyl (C=O) groups excluding carboxylic acids is 1. The van der Waals surface area contributed by atoms with Crippen LogP contribution in [-0.2, 0) is 33.2 Å². The molecular formula is C35H46N2O9. The van der Waals surface area contributed by atoms with E-state index in [1.165, 1.54) is 22.3 Å². The highest BCUT2D eigenvalue weighted by Gasteiger charge is 2.28. The second kappa shape index (κ2) is 21.2. The minimum atomic E-state index is -0.450. The topological polar surface area (TPSA) is 129 Å². The third kappa shape index (κ3) is 12.6. The number of nitrogens with one attached hydrogen (secondary N) is 1. The number of ether oxygens (including phenoxy) is 8. The van der Waals surface area contributed by atoms with Crippen molar-refractivity contribution < 1.29 is 42.7 Å². The second-order valence-electron chi connectivity index (χ2n) is 10.3. The molecule has 0 spiro atoms. The number of nitrogen functional groups attached to an aromatic ring is 1. The van der Waals surface area contributed by atoms with Crippen molar-refractivity contribution >= 4 is 11.8 Å². The summed E-state index contributed by atoms with van der Waals surface area (Å²) in [6.45, 7) is 6.76. The zero-order chi connectivity index (χ0) is 32.1. The van der Waals surface area contributed by atoms with Crippen molar-refractivity contribution in [3.8, 4) is 16.9 Å². The maximum absolute atomic E-state index is 12.2. The Labute approximate surface area is 271 Å². The molecule has 0 aliphatic heterocycles. The van der Waals surface area contributed by atoms with Crippen molar-refractivity contribution in [3.63, 3.8) is 0 Å². The molecule has 0 aromatic heterocycles. The standard InChI is InChI=1S/C35H46N2O9/c36-28-9-11-29(12-10-28)45-26-25-44-24-23-43-22-21-42-20-19-41-18-17-40-16-15-39-14-13-37-35(38)46-27-34-32-7-3-1-5-30(32)31-6-2-4-8-33(31)34/h1-12,34H,13-27,36H2,(H,37,38). The van der Waals surface area contributed by atoms with Gasteiger partial charge in [-0.25, -0.2) is 4.79 Å². The Kier molecular flexibility index (Phi) is 16.2. The summed E-state index contributed by atoms with van der Waals surface area (Å²) in [6, 6.07) is 23.8. The summed E-state index contributed by atoms with van der Waals surface area (Å²) in [5.74, 6) is 0.808. The van der Waals surface area contributed by atoms with Gasteiger partial charge >= 0.3 is 6.09 Å². The molecule has 3 N–H and O–H groups in total. The molecule has 0 fully saturated rings. The molecule has 3 aromatic carbocycles. The van der Waals surface area contributed by atoms with Crippen LogP contribution in [0.1, 0.15) is 17.0 Å². The van der Waals surface area contributed by atoms with Gasteiger partial charge in [0.05, 0.1) is 79.3 Å². The van der Waals surface area contributed by atoms with Gasteiger partial charge in [-0.15, -0.1) is 0 Å². The molecule has 3 aromatic rings. The molecule has 11 heteroatoms. The van der Waals surface area contributed by atoms with Crippen molar-refractivity contribution in [1.82, 2.24) is 5.32 Å². The van der Waals surface area contributed by atoms with E-state index in [9.17, 15) is 4.79 Å². The van der Waals surface area contributed by atoms with Crippen LogP contribution >= 0.6 is 0 Å². The van der Waals surface area contributed by atoms with Crippen molar-refractivity contribution in [1.29, 1.82) is 0 Å². The Bertz CT molecular complexity index is 1230. The van der Waals surface area contributed by atoms with E-state index in [1.807, 2.05) is 36.4 Å². The molecule has 0 unspecified atom stereocenters. The van der Waals surface area contributed by atoms with Gasteiger partial charge in [-0.3, -0.25) is 0 Å². The van der Waals surface area contributed by atoms with Crippen LogP contribution in [0, 0.1) is 0 Å². The third-order valence-electron chi connectivity index (χ3n) is 7.10. The lowest BCUT2D eigenvalue weighted by Crippen LogP contribution is -2.29. The second-order valence-corrected chi connectivity index (χ2v) is 10.3. The van der Waals surface area contributed by atoms with Gasteiger partial charge in [0.2, 0.25) is 0 Å². The minimum absolute atomic E-state index is 0.0404. The molecule has 1 amide bonds. The van der Waals surface area contributed by atoms with E-state index in [1.54, 1.807) is 12.1 Å². The fourth-order valence-corrected chi connectivity index (χ4v) is 4.86. The molecule has 0 heterocycles. The highest BCUT2D eigenvalue weighted by Crippen LogP contribution is 2.44. The van der Waals surface area contributed by atoms with Crippen molar-refractivity contribution in [2.75, 3.05) is 105 Å². The molecule has 4 rings (SSSR count). The number of hydrogen-bond acceptors (Lipinski definition) is 10. The van der Waals surface area contributed by atoms with E-state index >= 15 is 0 Å². The number of amides is 1. The van der Waals surface area contributed by atoms with Gasteiger partial charge in [0.25, 0.3) is 0 Å². The number of benzene rings is 3. The molecule has 250 valence electrons. The molecule has 0 saturated heterocycles. The number of carbonyl (C=O) groups is 1. The number of anilines is 1. The molecule has 0 radical (unpaired) electrons. The van der Waals surface area contributed by atoms with E-state index in [0.717, 1.165) is 5.75 Å². The van der Waals surface area contributed by atoms with Gasteiger partial charge in [0.1, 0.15) is 19.0 Å². The summed E-state index contributed by atoms with van der Waals surface area (Å²) in [4.78, 5) is 12.2. The van der Waals surface area contributed by atoms with Gasteiger partial charge < -0.3 is 48.9 Å². The summed E-state index contributed by atoms with van der Waals surface area (Å²) in [5, 5.41) is 2.74. The third-order valence-corrected chi connectivity index (χ3v) is 7.10. The van der Waals surface area contributed by atoms with Gasteiger partial charge in [0.15, 0.2) is 0 Å². The van der Waals surface area contributed by atoms with E-state index in [0.29, 0.717) is 98.1 Å². The van der Waals surface area contributed by atoms with Gasteiger partial charge in [-0.1, -0.05) is 48.5 Å². The molecule has 1 aliphatic rings. The quantitative estimate of drug-likeness (QED) is 0.108. The fraction of sp³-hybridized carbons (Fsp3) is 0.457. The summed E-state index contributed by atoms with van der Waals surface area (Å²) in [6.07, 6.45) is -0.450. The van der Waals surface area contributed by atoms with Crippen LogP contribution < -0.4 is 15.8 Å². The Balaban J connectivity index is 0.856. The Morgan fingerprint density at radius 2 is 1.00 bits per heavy atom. The van der Waals surface area contributed by atoms with Crippen molar-refractivity contribution in [3.05, 3.63) is 83.9 Å². The highest BCUT2D eigenvalue weighted by atomic mass is 16.6. The molecular weight excluding hydrogens is 592 g/mol. The first kappa shape index (κ1) is 35.1.